The van der Waals surface area contributed by atoms with Crippen molar-refractivity contribution in [3.8, 4) is 0 Å². The van der Waals surface area contributed by atoms with Gasteiger partial charge in [0.1, 0.15) is 0 Å². The van der Waals surface area contributed by atoms with E-state index in [1.54, 1.807) is 0 Å². The molecule has 0 aromatic heterocycles. The van der Waals surface area contributed by atoms with Gasteiger partial charge < -0.3 is 4.74 Å². The monoisotopic (exact) mass is 138 g/mol. The highest BCUT2D eigenvalue weighted by Gasteiger charge is 2.47. The van der Waals surface area contributed by atoms with E-state index in [4.69, 9.17) is 0 Å². The Hall–Kier alpha value is -0.790. The van der Waals surface area contributed by atoms with Crippen LogP contribution in [-0.4, -0.2) is 13.1 Å². The van der Waals surface area contributed by atoms with Crippen molar-refractivity contribution in [1.29, 1.82) is 0 Å². The summed E-state index contributed by atoms with van der Waals surface area (Å²) in [6.07, 6.45) is 5.30. The van der Waals surface area contributed by atoms with E-state index in [9.17, 15) is 4.79 Å². The Balaban J connectivity index is 2.06. The van der Waals surface area contributed by atoms with E-state index in [2.05, 4.69) is 10.8 Å². The van der Waals surface area contributed by atoms with Crippen molar-refractivity contribution in [2.75, 3.05) is 7.11 Å². The van der Waals surface area contributed by atoms with Crippen molar-refractivity contribution >= 4 is 5.97 Å². The highest BCUT2D eigenvalue weighted by molar-refractivity contribution is 5.76. The number of carbonyl (C=O) groups excluding carboxylic acids is 1. The summed E-state index contributed by atoms with van der Waals surface area (Å²) >= 11 is 0. The molecule has 0 aromatic carbocycles. The van der Waals surface area contributed by atoms with Crippen LogP contribution in [0.3, 0.4) is 0 Å². The largest absolute Gasteiger partial charge is 0.469 e. The third-order valence-corrected chi connectivity index (χ3v) is 2.39. The normalized spacial score (nSPS) is 41.1. The van der Waals surface area contributed by atoms with E-state index in [-0.39, 0.29) is 11.9 Å². The Kier molecular flexibility index (Phi) is 1.10. The molecule has 54 valence electrons. The lowest BCUT2D eigenvalue weighted by Crippen LogP contribution is -2.14. The van der Waals surface area contributed by atoms with Gasteiger partial charge in [0.15, 0.2) is 0 Å². The van der Waals surface area contributed by atoms with Crippen molar-refractivity contribution in [1.82, 2.24) is 0 Å². The zero-order chi connectivity index (χ0) is 7.14. The molecule has 0 bridgehead atoms. The van der Waals surface area contributed by atoms with Gasteiger partial charge in [-0.05, 0) is 18.3 Å². The van der Waals surface area contributed by atoms with Crippen molar-refractivity contribution in [2.45, 2.75) is 6.42 Å². The van der Waals surface area contributed by atoms with E-state index < -0.39 is 0 Å². The van der Waals surface area contributed by atoms with Crippen molar-refractivity contribution in [3.63, 3.8) is 0 Å². The van der Waals surface area contributed by atoms with Gasteiger partial charge in [-0.25, -0.2) is 0 Å². The summed E-state index contributed by atoms with van der Waals surface area (Å²) in [7, 11) is 1.45. The minimum atomic E-state index is -0.0683. The van der Waals surface area contributed by atoms with E-state index >= 15 is 0 Å². The molecule has 0 amide bonds. The first kappa shape index (κ1) is 5.96. The van der Waals surface area contributed by atoms with Crippen LogP contribution >= 0.6 is 0 Å². The zero-order valence-corrected chi connectivity index (χ0v) is 5.91. The van der Waals surface area contributed by atoms with Gasteiger partial charge in [0.2, 0.25) is 0 Å². The van der Waals surface area contributed by atoms with Gasteiger partial charge in [-0.15, -0.1) is 0 Å². The van der Waals surface area contributed by atoms with E-state index in [1.165, 1.54) is 13.5 Å². The summed E-state index contributed by atoms with van der Waals surface area (Å²) in [6.45, 7) is 0. The molecule has 10 heavy (non-hydrogen) atoms. The lowest BCUT2D eigenvalue weighted by atomic mass is 10.1. The molecule has 0 aliphatic heterocycles. The van der Waals surface area contributed by atoms with E-state index in [0.717, 1.165) is 0 Å². The number of carbonyl (C=O) groups is 1. The van der Waals surface area contributed by atoms with Crippen LogP contribution in [0.4, 0.5) is 0 Å². The summed E-state index contributed by atoms with van der Waals surface area (Å²) in [5.74, 6) is 1.30. The minimum Gasteiger partial charge on any atom is -0.469 e. The minimum absolute atomic E-state index is 0.0683. The molecule has 0 N–H and O–H groups in total. The second-order valence-electron chi connectivity index (χ2n) is 3.00. The molecule has 3 atom stereocenters. The Morgan fingerprint density at radius 1 is 1.60 bits per heavy atom. The van der Waals surface area contributed by atoms with Crippen LogP contribution in [0, 0.1) is 17.8 Å². The van der Waals surface area contributed by atoms with Gasteiger partial charge in [-0.1, -0.05) is 12.2 Å². The fraction of sp³-hybridized carbons (Fsp3) is 0.625. The van der Waals surface area contributed by atoms with Crippen LogP contribution in [-0.2, 0) is 9.53 Å². The van der Waals surface area contributed by atoms with Crippen molar-refractivity contribution in [2.24, 2.45) is 17.8 Å². The lowest BCUT2D eigenvalue weighted by molar-refractivity contribution is -0.144. The molecule has 2 nitrogen and oxygen atoms in total. The molecule has 2 rings (SSSR count). The smallest absolute Gasteiger partial charge is 0.312 e. The number of esters is 1. The SMILES string of the molecule is COC(=O)[C@@H]1C=C[C@@H]2C[C@@H]21. The van der Waals surface area contributed by atoms with Gasteiger partial charge in [0, 0.05) is 0 Å². The summed E-state index contributed by atoms with van der Waals surface area (Å²) in [5.41, 5.74) is 0. The Labute approximate surface area is 59.9 Å². The predicted molar refractivity (Wildman–Crippen MR) is 36.2 cm³/mol. The average molecular weight is 138 g/mol. The van der Waals surface area contributed by atoms with Gasteiger partial charge in [-0.3, -0.25) is 4.79 Å². The van der Waals surface area contributed by atoms with Crippen LogP contribution in [0.25, 0.3) is 0 Å². The molecule has 2 aliphatic carbocycles. The third-order valence-electron chi connectivity index (χ3n) is 2.39. The number of methoxy groups -OCH3 is 1. The lowest BCUT2D eigenvalue weighted by Gasteiger charge is -2.04. The Morgan fingerprint density at radius 3 is 2.80 bits per heavy atom. The highest BCUT2D eigenvalue weighted by atomic mass is 16.5. The predicted octanol–water partition coefficient (Wildman–Crippen LogP) is 0.981. The molecule has 0 aromatic rings. The van der Waals surface area contributed by atoms with Crippen molar-refractivity contribution in [3.05, 3.63) is 12.2 Å². The molecule has 0 radical (unpaired) electrons. The molecular formula is C8H10O2. The van der Waals surface area contributed by atoms with Gasteiger partial charge in [-0.2, -0.15) is 0 Å². The average Bonchev–Trinajstić information content (AvgIpc) is 2.62. The number of allylic oxidation sites excluding steroid dienone is 1. The molecule has 2 aliphatic rings. The first-order chi connectivity index (χ1) is 4.83. The van der Waals surface area contributed by atoms with Crippen LogP contribution in [0.5, 0.6) is 0 Å². The summed E-state index contributed by atoms with van der Waals surface area (Å²) in [5, 5.41) is 0. The molecule has 2 heteroatoms. The fourth-order valence-corrected chi connectivity index (χ4v) is 1.66. The second kappa shape index (κ2) is 1.84. The maximum atomic E-state index is 11.0. The van der Waals surface area contributed by atoms with Gasteiger partial charge in [0.25, 0.3) is 0 Å². The third kappa shape index (κ3) is 0.681. The van der Waals surface area contributed by atoms with Crippen LogP contribution in [0.1, 0.15) is 6.42 Å². The van der Waals surface area contributed by atoms with E-state index in [1.807, 2.05) is 6.08 Å². The standard InChI is InChI=1S/C8H10O2/c1-10-8(9)6-3-2-5-4-7(5)6/h2-3,5-7H,4H2,1H3/t5-,6-,7+/m1/s1. The second-order valence-corrected chi connectivity index (χ2v) is 3.00. The first-order valence-corrected chi connectivity index (χ1v) is 3.59. The molecule has 0 spiro atoms. The number of fused-ring (bicyclic) bond motifs is 1. The molecule has 0 unspecified atom stereocenters. The molecular weight excluding hydrogens is 128 g/mol. The molecule has 1 fully saturated rings. The van der Waals surface area contributed by atoms with Crippen molar-refractivity contribution < 1.29 is 9.53 Å². The number of rotatable bonds is 1. The van der Waals surface area contributed by atoms with Crippen LogP contribution in [0.15, 0.2) is 12.2 Å². The Bertz CT molecular complexity index is 195. The number of ether oxygens (including phenoxy) is 1. The van der Waals surface area contributed by atoms with Gasteiger partial charge in [0.05, 0.1) is 13.0 Å². The summed E-state index contributed by atoms with van der Waals surface area (Å²) in [6, 6.07) is 0. The van der Waals surface area contributed by atoms with Crippen LogP contribution in [0.2, 0.25) is 0 Å². The maximum absolute atomic E-state index is 11.0. The Morgan fingerprint density at radius 2 is 2.40 bits per heavy atom. The molecule has 1 saturated carbocycles. The quantitative estimate of drug-likeness (QED) is 0.399. The zero-order valence-electron chi connectivity index (χ0n) is 5.91. The number of hydrogen-bond donors (Lipinski definition) is 0. The molecule has 0 heterocycles. The topological polar surface area (TPSA) is 26.3 Å². The maximum Gasteiger partial charge on any atom is 0.312 e. The van der Waals surface area contributed by atoms with E-state index in [0.29, 0.717) is 11.8 Å². The number of hydrogen-bond acceptors (Lipinski definition) is 2. The first-order valence-electron chi connectivity index (χ1n) is 3.59. The van der Waals surface area contributed by atoms with Crippen LogP contribution < -0.4 is 0 Å². The highest BCUT2D eigenvalue weighted by Crippen LogP contribution is 2.50. The van der Waals surface area contributed by atoms with Gasteiger partial charge >= 0.3 is 5.97 Å². The fourth-order valence-electron chi connectivity index (χ4n) is 1.66. The summed E-state index contributed by atoms with van der Waals surface area (Å²) < 4.78 is 4.64. The summed E-state index contributed by atoms with van der Waals surface area (Å²) in [4.78, 5) is 11.0. The molecule has 0 saturated heterocycles.